The molecular formula is C72H77F3O12. The van der Waals surface area contributed by atoms with Crippen molar-refractivity contribution in [3.05, 3.63) is 212 Å². The van der Waals surface area contributed by atoms with Crippen LogP contribution >= 0.6 is 0 Å². The Morgan fingerprint density at radius 3 is 0.667 bits per heavy atom. The van der Waals surface area contributed by atoms with Crippen molar-refractivity contribution in [3.63, 3.8) is 0 Å². The lowest BCUT2D eigenvalue weighted by molar-refractivity contribution is -0.135. The molecule has 458 valence electrons. The van der Waals surface area contributed by atoms with E-state index in [0.717, 1.165) is 57.8 Å². The third kappa shape index (κ3) is 15.0. The van der Waals surface area contributed by atoms with E-state index in [1.807, 2.05) is 12.1 Å². The summed E-state index contributed by atoms with van der Waals surface area (Å²) in [4.78, 5) is 0. The van der Waals surface area contributed by atoms with Gasteiger partial charge in [-0.3, -0.25) is 0 Å². The van der Waals surface area contributed by atoms with Crippen molar-refractivity contribution >= 4 is 0 Å². The molecule has 9 rings (SSSR count). The fraction of sp³-hybridized carbons (Fsp3) is 0.333. The Hall–Kier alpha value is -8.85. The lowest BCUT2D eigenvalue weighted by atomic mass is 9.75. The largest absolute Gasteiger partial charge is 0.507 e. The Balaban J connectivity index is 1.33. The maximum atomic E-state index is 13.0. The van der Waals surface area contributed by atoms with Crippen LogP contribution in [0.1, 0.15) is 188 Å². The lowest BCUT2D eigenvalue weighted by Crippen LogP contribution is -2.13. The molecule has 0 heterocycles. The van der Waals surface area contributed by atoms with E-state index in [0.29, 0.717) is 65.1 Å². The third-order valence-electron chi connectivity index (χ3n) is 16.2. The summed E-state index contributed by atoms with van der Waals surface area (Å²) in [6, 6.07) is 39.3. The minimum absolute atomic E-state index is 0.00257. The minimum atomic E-state index is -4.30. The summed E-state index contributed by atoms with van der Waals surface area (Å²) in [6.07, 6.45) is 3.26. The van der Waals surface area contributed by atoms with Crippen molar-refractivity contribution < 1.29 is 73.0 Å². The maximum Gasteiger partial charge on any atom is 0.389 e. The first-order valence-electron chi connectivity index (χ1n) is 30.2. The van der Waals surface area contributed by atoms with Crippen molar-refractivity contribution in [1.82, 2.24) is 0 Å². The highest BCUT2D eigenvalue weighted by Crippen LogP contribution is 2.54. The molecule has 1 aliphatic rings. The van der Waals surface area contributed by atoms with Gasteiger partial charge in [-0.25, -0.2) is 0 Å². The van der Waals surface area contributed by atoms with E-state index < -0.39 is 47.8 Å². The van der Waals surface area contributed by atoms with E-state index in [9.17, 15) is 54.0 Å². The number of phenols is 8. The maximum absolute atomic E-state index is 13.0. The van der Waals surface area contributed by atoms with Gasteiger partial charge in [-0.1, -0.05) is 108 Å². The quantitative estimate of drug-likeness (QED) is 0.0267. The van der Waals surface area contributed by atoms with Crippen LogP contribution in [0.4, 0.5) is 13.2 Å². The number of rotatable bonds is 24. The number of unbranched alkanes of at least 4 members (excludes halogenated alkanes) is 7. The summed E-state index contributed by atoms with van der Waals surface area (Å²) < 4.78 is 63.2. The number of aromatic hydroxyl groups is 8. The molecule has 2 unspecified atom stereocenters. The highest BCUT2D eigenvalue weighted by atomic mass is 19.4. The van der Waals surface area contributed by atoms with Crippen molar-refractivity contribution in [3.8, 4) is 69.0 Å². The molecule has 0 saturated heterocycles. The van der Waals surface area contributed by atoms with Gasteiger partial charge >= 0.3 is 6.18 Å². The zero-order valence-corrected chi connectivity index (χ0v) is 49.3. The number of hydrogen-bond donors (Lipinski definition) is 8. The second-order valence-corrected chi connectivity index (χ2v) is 22.5. The van der Waals surface area contributed by atoms with Gasteiger partial charge in [-0.15, -0.1) is 0 Å². The highest BCUT2D eigenvalue weighted by Gasteiger charge is 2.36. The average molecular weight is 1190 g/mol. The molecule has 0 amide bonds. The normalized spacial score (nSPS) is 15.7. The molecule has 8 aromatic carbocycles. The second-order valence-electron chi connectivity index (χ2n) is 22.5. The molecule has 2 atom stereocenters. The van der Waals surface area contributed by atoms with E-state index in [1.165, 1.54) is 24.3 Å². The Morgan fingerprint density at radius 1 is 0.287 bits per heavy atom. The van der Waals surface area contributed by atoms with Crippen LogP contribution in [0.25, 0.3) is 0 Å². The van der Waals surface area contributed by atoms with Crippen LogP contribution in [0, 0.1) is 0 Å². The average Bonchev–Trinajstić information content (AvgIpc) is 0.937. The molecule has 87 heavy (non-hydrogen) atoms. The summed E-state index contributed by atoms with van der Waals surface area (Å²) in [5, 5.41) is 98.8. The molecule has 8 bridgehead atoms. The van der Waals surface area contributed by atoms with Gasteiger partial charge < -0.3 is 59.8 Å². The van der Waals surface area contributed by atoms with Crippen LogP contribution in [-0.2, 0) is 0 Å². The van der Waals surface area contributed by atoms with Gasteiger partial charge in [0, 0.05) is 98.9 Å². The Kier molecular flexibility index (Phi) is 20.6. The predicted octanol–water partition coefficient (Wildman–Crippen LogP) is 17.2. The molecule has 8 aromatic rings. The third-order valence-corrected chi connectivity index (χ3v) is 16.2. The minimum Gasteiger partial charge on any atom is -0.507 e. The summed E-state index contributed by atoms with van der Waals surface area (Å²) in [7, 11) is 0. The zero-order chi connectivity index (χ0) is 61.8. The van der Waals surface area contributed by atoms with E-state index in [-0.39, 0.29) is 98.5 Å². The predicted molar refractivity (Wildman–Crippen MR) is 329 cm³/mol. The van der Waals surface area contributed by atoms with Gasteiger partial charge in [0.1, 0.15) is 69.0 Å². The van der Waals surface area contributed by atoms with Gasteiger partial charge in [0.25, 0.3) is 0 Å². The molecule has 0 radical (unpaired) electrons. The number of fused-ring (bicyclic) bond motifs is 8. The molecule has 1 aliphatic carbocycles. The van der Waals surface area contributed by atoms with Crippen molar-refractivity contribution in [2.24, 2.45) is 0 Å². The van der Waals surface area contributed by atoms with E-state index in [1.54, 1.807) is 109 Å². The van der Waals surface area contributed by atoms with Gasteiger partial charge in [0.2, 0.25) is 0 Å². The first-order chi connectivity index (χ1) is 42.0. The summed E-state index contributed by atoms with van der Waals surface area (Å²) in [5.41, 5.74) is 3.51. The highest BCUT2D eigenvalue weighted by molar-refractivity contribution is 5.67. The first-order valence-corrected chi connectivity index (χ1v) is 30.2. The van der Waals surface area contributed by atoms with Crippen LogP contribution < -0.4 is 18.9 Å². The number of phenolic OH excluding ortho intramolecular Hbond substituents is 8. The van der Waals surface area contributed by atoms with Gasteiger partial charge in [-0.05, 0) is 127 Å². The standard InChI is InChI=1S/C72H77F3O12/c1-4-7-11-32-84-48-23-15-44(16-24-48)68-52-36-54(62(78)40-60(52)76)69(45-17-25-49(26-18-45)85-33-12-8-5-2)56-38-58(66(82)42-64(56)80)71(47-21-29-51(30-22-47)87-35-14-10-31-72(73,74)75)59-39-57(65(81)43-67(59)83)70(55-37-53(68)61(77)41-63(55)79)46-19-27-50(28-20-46)86-34-13-9-6-3/h15-30,36-43,68-71,76-83H,4-14,31-35H2,1-3H3. The Morgan fingerprint density at radius 2 is 0.483 bits per heavy atom. The molecule has 0 fully saturated rings. The molecule has 8 N–H and O–H groups in total. The Bertz CT molecular complexity index is 3390. The smallest absolute Gasteiger partial charge is 0.389 e. The fourth-order valence-electron chi connectivity index (χ4n) is 11.7. The van der Waals surface area contributed by atoms with Crippen LogP contribution in [0.3, 0.4) is 0 Å². The molecule has 12 nitrogen and oxygen atoms in total. The molecule has 0 spiro atoms. The molecule has 0 aliphatic heterocycles. The van der Waals surface area contributed by atoms with Crippen molar-refractivity contribution in [1.29, 1.82) is 0 Å². The Labute approximate surface area is 506 Å². The van der Waals surface area contributed by atoms with Gasteiger partial charge in [-0.2, -0.15) is 13.2 Å². The van der Waals surface area contributed by atoms with Crippen molar-refractivity contribution in [2.45, 2.75) is 128 Å². The monoisotopic (exact) mass is 1190 g/mol. The number of halogens is 3. The molecule has 15 heteroatoms. The van der Waals surface area contributed by atoms with Crippen molar-refractivity contribution in [2.75, 3.05) is 26.4 Å². The fourth-order valence-corrected chi connectivity index (χ4v) is 11.7. The number of hydrogen-bond acceptors (Lipinski definition) is 12. The topological polar surface area (TPSA) is 199 Å². The van der Waals surface area contributed by atoms with Crippen LogP contribution in [0.5, 0.6) is 69.0 Å². The molecule has 0 aromatic heterocycles. The first kappa shape index (κ1) is 62.7. The van der Waals surface area contributed by atoms with Gasteiger partial charge in [0.05, 0.1) is 26.4 Å². The van der Waals surface area contributed by atoms with E-state index >= 15 is 0 Å². The molecule has 0 saturated carbocycles. The molecular weight excluding hydrogens is 1110 g/mol. The lowest BCUT2D eigenvalue weighted by Gasteiger charge is -2.30. The van der Waals surface area contributed by atoms with Crippen LogP contribution in [-0.4, -0.2) is 73.5 Å². The summed E-state index contributed by atoms with van der Waals surface area (Å²) in [5.74, 6) is -5.35. The van der Waals surface area contributed by atoms with E-state index in [4.69, 9.17) is 18.9 Å². The number of ether oxygens (including phenoxy) is 4. The summed E-state index contributed by atoms with van der Waals surface area (Å²) >= 11 is 0. The second kappa shape index (κ2) is 28.6. The number of alkyl halides is 3. The zero-order valence-electron chi connectivity index (χ0n) is 49.3. The summed E-state index contributed by atoms with van der Waals surface area (Å²) in [6.45, 7) is 7.75. The SMILES string of the molecule is CCCCCOc1ccc(C2c3cc(c(O)cc3O)C(c3ccc(OCCCCC)cc3)c3cc(c(O)cc3O)C(c3ccc(OCCCCC(F)(F)F)cc3)c3cc(c(O)cc3O)C(c3ccc(OCCCCC)cc3)c3cc2c(O)cc3O)cc1. The van der Waals surface area contributed by atoms with Crippen LogP contribution in [0.15, 0.2) is 146 Å². The van der Waals surface area contributed by atoms with Crippen LogP contribution in [0.2, 0.25) is 0 Å². The van der Waals surface area contributed by atoms with Gasteiger partial charge in [0.15, 0.2) is 0 Å². The number of benzene rings is 8. The van der Waals surface area contributed by atoms with E-state index in [2.05, 4.69) is 20.8 Å².